The maximum Gasteiger partial charge on any atom is 0.222 e. The number of hydrogen-bond donors (Lipinski definition) is 0. The Morgan fingerprint density at radius 2 is 2.04 bits per heavy atom. The lowest BCUT2D eigenvalue weighted by Crippen LogP contribution is -2.38. The average molecular weight is 360 g/mol. The van der Waals surface area contributed by atoms with E-state index in [0.29, 0.717) is 17.7 Å². The Morgan fingerprint density at radius 3 is 2.72 bits per heavy atom. The smallest absolute Gasteiger partial charge is 0.222 e. The fraction of sp³-hybridized carbons (Fsp3) is 0.667. The molecule has 2 aromatic rings. The van der Waals surface area contributed by atoms with Crippen molar-refractivity contribution in [2.45, 2.75) is 57.8 Å². The van der Waals surface area contributed by atoms with E-state index in [-0.39, 0.29) is 0 Å². The van der Waals surface area contributed by atoms with Gasteiger partial charge in [-0.25, -0.2) is 0 Å². The van der Waals surface area contributed by atoms with Crippen LogP contribution < -0.4 is 0 Å². The van der Waals surface area contributed by atoms with Gasteiger partial charge in [-0.2, -0.15) is 0 Å². The van der Waals surface area contributed by atoms with Crippen LogP contribution in [-0.2, 0) is 4.79 Å². The molecular weight excluding hydrogens is 336 g/mol. The van der Waals surface area contributed by atoms with Gasteiger partial charge in [0.15, 0.2) is 5.76 Å². The Morgan fingerprint density at radius 1 is 1.28 bits per heavy atom. The van der Waals surface area contributed by atoms with Crippen molar-refractivity contribution in [2.24, 2.45) is 5.92 Å². The summed E-state index contributed by atoms with van der Waals surface area (Å²) in [6, 6.07) is 1.93. The van der Waals surface area contributed by atoms with E-state index >= 15 is 0 Å². The Kier molecular flexibility index (Phi) is 4.83. The minimum absolute atomic E-state index is 0.341. The van der Waals surface area contributed by atoms with Crippen LogP contribution in [0.25, 0.3) is 10.6 Å². The molecule has 6 nitrogen and oxygen atoms in total. The first-order valence-corrected chi connectivity index (χ1v) is 10.0. The van der Waals surface area contributed by atoms with Gasteiger partial charge in [-0.05, 0) is 50.1 Å². The topological polar surface area (TPSA) is 72.1 Å². The monoisotopic (exact) mass is 360 g/mol. The summed E-state index contributed by atoms with van der Waals surface area (Å²) in [5, 5.41) is 8.32. The van der Waals surface area contributed by atoms with Gasteiger partial charge in [-0.3, -0.25) is 4.79 Å². The molecule has 0 N–H and O–H groups in total. The molecule has 0 atom stereocenters. The lowest BCUT2D eigenvalue weighted by molar-refractivity contribution is -0.133. The summed E-state index contributed by atoms with van der Waals surface area (Å²) in [7, 11) is 0. The summed E-state index contributed by atoms with van der Waals surface area (Å²) < 4.78 is 9.52. The minimum Gasteiger partial charge on any atom is -0.355 e. The Hall–Kier alpha value is -1.76. The van der Waals surface area contributed by atoms with Crippen LogP contribution in [0.3, 0.4) is 0 Å². The summed E-state index contributed by atoms with van der Waals surface area (Å²) in [4.78, 5) is 15.5. The van der Waals surface area contributed by atoms with Gasteiger partial charge >= 0.3 is 0 Å². The molecule has 0 radical (unpaired) electrons. The van der Waals surface area contributed by atoms with E-state index in [9.17, 15) is 4.79 Å². The van der Waals surface area contributed by atoms with Crippen molar-refractivity contribution in [3.05, 3.63) is 17.5 Å². The number of rotatable bonds is 4. The van der Waals surface area contributed by atoms with Crippen molar-refractivity contribution in [1.29, 1.82) is 0 Å². The van der Waals surface area contributed by atoms with E-state index in [0.717, 1.165) is 54.4 Å². The van der Waals surface area contributed by atoms with E-state index in [4.69, 9.17) is 4.52 Å². The summed E-state index contributed by atoms with van der Waals surface area (Å²) in [5.74, 6) is 2.05. The second kappa shape index (κ2) is 7.23. The van der Waals surface area contributed by atoms with E-state index in [1.165, 1.54) is 37.2 Å². The highest BCUT2D eigenvalue weighted by Crippen LogP contribution is 2.36. The lowest BCUT2D eigenvalue weighted by Gasteiger charge is -2.32. The molecule has 7 heteroatoms. The number of carbonyl (C=O) groups is 1. The van der Waals surface area contributed by atoms with Gasteiger partial charge in [0.25, 0.3) is 0 Å². The molecule has 0 unspecified atom stereocenters. The number of nitrogens with zero attached hydrogens (tertiary/aromatic N) is 4. The van der Waals surface area contributed by atoms with Gasteiger partial charge in [-0.15, -0.1) is 5.10 Å². The molecule has 1 aliphatic heterocycles. The zero-order valence-corrected chi connectivity index (χ0v) is 15.4. The first kappa shape index (κ1) is 16.7. The largest absolute Gasteiger partial charge is 0.355 e. The predicted octanol–water partition coefficient (Wildman–Crippen LogP) is 3.79. The molecule has 2 fully saturated rings. The molecule has 25 heavy (non-hydrogen) atoms. The highest BCUT2D eigenvalue weighted by atomic mass is 32.1. The van der Waals surface area contributed by atoms with Crippen LogP contribution in [0.4, 0.5) is 0 Å². The van der Waals surface area contributed by atoms with Gasteiger partial charge in [0, 0.05) is 31.5 Å². The zero-order valence-electron chi connectivity index (χ0n) is 14.6. The fourth-order valence-corrected chi connectivity index (χ4v) is 4.80. The molecule has 2 aliphatic rings. The number of carbonyl (C=O) groups excluding carboxylic acids is 1. The van der Waals surface area contributed by atoms with Crippen LogP contribution in [0.2, 0.25) is 0 Å². The average Bonchev–Trinajstić information content (AvgIpc) is 3.36. The van der Waals surface area contributed by atoms with Gasteiger partial charge < -0.3 is 9.42 Å². The van der Waals surface area contributed by atoms with Crippen LogP contribution in [0.5, 0.6) is 0 Å². The van der Waals surface area contributed by atoms with Crippen molar-refractivity contribution in [2.75, 3.05) is 13.1 Å². The Balaban J connectivity index is 1.37. The molecule has 1 aliphatic carbocycles. The van der Waals surface area contributed by atoms with E-state index in [2.05, 4.69) is 14.7 Å². The van der Waals surface area contributed by atoms with Crippen LogP contribution in [0, 0.1) is 12.8 Å². The molecule has 1 saturated heterocycles. The number of amides is 1. The number of likely N-dealkylation sites (tertiary alicyclic amines) is 1. The molecule has 3 heterocycles. The number of aromatic nitrogens is 3. The van der Waals surface area contributed by atoms with Crippen molar-refractivity contribution in [3.8, 4) is 10.6 Å². The number of piperidine rings is 1. The second-order valence-corrected chi connectivity index (χ2v) is 8.08. The first-order valence-electron chi connectivity index (χ1n) is 9.24. The number of aryl methyl sites for hydroxylation is 1. The van der Waals surface area contributed by atoms with Crippen molar-refractivity contribution >= 4 is 17.4 Å². The molecule has 134 valence electrons. The summed E-state index contributed by atoms with van der Waals surface area (Å²) in [6.07, 6.45) is 7.68. The molecule has 0 spiro atoms. The van der Waals surface area contributed by atoms with E-state index in [1.807, 2.05) is 17.9 Å². The SMILES string of the molecule is Cc1cc(-c2snnc2C2CCN(C(=O)CC3CCCC3)CC2)on1. The van der Waals surface area contributed by atoms with Gasteiger partial charge in [0.2, 0.25) is 5.91 Å². The van der Waals surface area contributed by atoms with Gasteiger partial charge in [0.05, 0.1) is 11.4 Å². The summed E-state index contributed by atoms with van der Waals surface area (Å²) >= 11 is 1.36. The van der Waals surface area contributed by atoms with E-state index < -0.39 is 0 Å². The van der Waals surface area contributed by atoms with Crippen molar-refractivity contribution < 1.29 is 9.32 Å². The standard InChI is InChI=1S/C18H24N4O2S/c1-12-10-15(24-20-12)18-17(19-21-25-18)14-6-8-22(9-7-14)16(23)11-13-4-2-3-5-13/h10,13-14H,2-9,11H2,1H3. The molecule has 1 saturated carbocycles. The highest BCUT2D eigenvalue weighted by Gasteiger charge is 2.30. The normalized spacial score (nSPS) is 19.6. The maximum atomic E-state index is 12.5. The third-order valence-corrected chi connectivity index (χ3v) is 6.29. The van der Waals surface area contributed by atoms with Gasteiger partial charge in [-0.1, -0.05) is 22.5 Å². The molecule has 1 amide bonds. The first-order chi connectivity index (χ1) is 12.2. The second-order valence-electron chi connectivity index (χ2n) is 7.33. The third-order valence-electron chi connectivity index (χ3n) is 5.54. The molecular formula is C18H24N4O2S. The van der Waals surface area contributed by atoms with Crippen molar-refractivity contribution in [3.63, 3.8) is 0 Å². The van der Waals surface area contributed by atoms with Crippen LogP contribution >= 0.6 is 11.5 Å². The minimum atomic E-state index is 0.341. The van der Waals surface area contributed by atoms with Crippen molar-refractivity contribution in [1.82, 2.24) is 19.6 Å². The maximum absolute atomic E-state index is 12.5. The summed E-state index contributed by atoms with van der Waals surface area (Å²) in [5.41, 5.74) is 1.87. The van der Waals surface area contributed by atoms with Crippen LogP contribution in [0.1, 0.15) is 62.3 Å². The van der Waals surface area contributed by atoms with Gasteiger partial charge in [0.1, 0.15) is 4.88 Å². The summed E-state index contributed by atoms with van der Waals surface area (Å²) in [6.45, 7) is 3.56. The van der Waals surface area contributed by atoms with E-state index in [1.54, 1.807) is 0 Å². The Bertz CT molecular complexity index is 727. The van der Waals surface area contributed by atoms with Crippen LogP contribution in [-0.4, -0.2) is 38.6 Å². The number of hydrogen-bond acceptors (Lipinski definition) is 6. The zero-order chi connectivity index (χ0) is 17.2. The van der Waals surface area contributed by atoms with Crippen LogP contribution in [0.15, 0.2) is 10.6 Å². The predicted molar refractivity (Wildman–Crippen MR) is 95.3 cm³/mol. The highest BCUT2D eigenvalue weighted by molar-refractivity contribution is 7.09. The molecule has 0 bridgehead atoms. The molecule has 0 aromatic carbocycles. The quantitative estimate of drug-likeness (QED) is 0.829. The fourth-order valence-electron chi connectivity index (χ4n) is 4.10. The molecule has 4 rings (SSSR count). The lowest BCUT2D eigenvalue weighted by atomic mass is 9.92. The third kappa shape index (κ3) is 3.61. The Labute approximate surface area is 151 Å². The molecule has 2 aromatic heterocycles.